The summed E-state index contributed by atoms with van der Waals surface area (Å²) < 4.78 is 68.4. The highest BCUT2D eigenvalue weighted by Gasteiger charge is 2.30. The van der Waals surface area contributed by atoms with Crippen LogP contribution in [0.5, 0.6) is 0 Å². The average Bonchev–Trinajstić information content (AvgIpc) is 2.10. The van der Waals surface area contributed by atoms with Crippen LogP contribution >= 0.6 is 15.6 Å². The predicted molar refractivity (Wildman–Crippen MR) is 382 cm³/mol. The number of phosphoric acid groups is 2. The van der Waals surface area contributed by atoms with E-state index in [2.05, 4.69) is 34.6 Å². The predicted octanol–water partition coefficient (Wildman–Crippen LogP) is 22.1. The molecule has 17 nitrogen and oxygen atoms in total. The van der Waals surface area contributed by atoms with Crippen molar-refractivity contribution in [1.29, 1.82) is 0 Å². The smallest absolute Gasteiger partial charge is 0.462 e. The summed E-state index contributed by atoms with van der Waals surface area (Å²) in [5.41, 5.74) is 0. The molecular weight excluding hydrogens is 1230 g/mol. The lowest BCUT2D eigenvalue weighted by molar-refractivity contribution is -0.161. The average molecular weight is 1380 g/mol. The molecule has 0 saturated carbocycles. The van der Waals surface area contributed by atoms with Crippen LogP contribution in [-0.4, -0.2) is 96.7 Å². The second kappa shape index (κ2) is 68.2. The van der Waals surface area contributed by atoms with Gasteiger partial charge in [0.25, 0.3) is 0 Å². The van der Waals surface area contributed by atoms with E-state index in [0.717, 1.165) is 109 Å². The molecule has 0 aromatic heterocycles. The molecular formula is C75H146O17P2. The molecule has 3 unspecified atom stereocenters. The van der Waals surface area contributed by atoms with Crippen molar-refractivity contribution in [1.82, 2.24) is 0 Å². The van der Waals surface area contributed by atoms with Crippen LogP contribution in [0.25, 0.3) is 0 Å². The number of esters is 4. The molecule has 0 rings (SSSR count). The van der Waals surface area contributed by atoms with Crippen LogP contribution in [0.15, 0.2) is 0 Å². The first kappa shape index (κ1) is 92.1. The first-order valence-electron chi connectivity index (χ1n) is 39.2. The zero-order chi connectivity index (χ0) is 69.1. The number of carbonyl (C=O) groups is 4. The Kier molecular flexibility index (Phi) is 66.8. The molecule has 0 spiro atoms. The van der Waals surface area contributed by atoms with Crippen LogP contribution in [0.2, 0.25) is 0 Å². The van der Waals surface area contributed by atoms with Crippen LogP contribution in [0, 0.1) is 5.92 Å². The molecule has 94 heavy (non-hydrogen) atoms. The monoisotopic (exact) mass is 1380 g/mol. The lowest BCUT2D eigenvalue weighted by Crippen LogP contribution is -2.30. The molecule has 0 radical (unpaired) electrons. The zero-order valence-corrected chi connectivity index (χ0v) is 62.9. The third-order valence-corrected chi connectivity index (χ3v) is 19.8. The molecule has 0 aliphatic heterocycles. The van der Waals surface area contributed by atoms with Crippen molar-refractivity contribution >= 4 is 39.5 Å². The fraction of sp³-hybridized carbons (Fsp3) is 0.947. The molecule has 0 aliphatic rings. The van der Waals surface area contributed by atoms with Gasteiger partial charge in [0.1, 0.15) is 19.3 Å². The minimum atomic E-state index is -4.96. The van der Waals surface area contributed by atoms with Gasteiger partial charge in [0.05, 0.1) is 26.4 Å². The van der Waals surface area contributed by atoms with Crippen molar-refractivity contribution in [3.8, 4) is 0 Å². The standard InChI is InChI=1S/C75H146O17P2/c1-6-10-13-16-19-21-23-25-27-29-31-33-35-37-39-45-50-55-60-74(79)91-71(65-86-73(78)59-54-49-44-38-36-34-32-30-28-26-24-22-20-17-14-11-7-2)67-90-94(83,84)88-63-69(76)62-87-93(81,82)89-66-70(64-85-72(77)58-53-48-42-18-15-12-8-3)92-75(80)61-56-51-46-41-40-43-47-52-57-68(5)9-4/h68-71,76H,6-67H2,1-5H3,(H,81,82)(H,83,84)/t68?,69-,70+,71+/m0/s1. The minimum absolute atomic E-state index is 0.105. The number of carbonyl (C=O) groups excluding carboxylic acids is 4. The van der Waals surface area contributed by atoms with Crippen molar-refractivity contribution in [2.24, 2.45) is 5.92 Å². The second-order valence-electron chi connectivity index (χ2n) is 27.3. The van der Waals surface area contributed by atoms with E-state index in [-0.39, 0.29) is 25.7 Å². The van der Waals surface area contributed by atoms with Gasteiger partial charge in [-0.1, -0.05) is 343 Å². The van der Waals surface area contributed by atoms with Crippen molar-refractivity contribution in [2.45, 2.75) is 412 Å². The Balaban J connectivity index is 5.19. The van der Waals surface area contributed by atoms with E-state index in [0.29, 0.717) is 25.7 Å². The van der Waals surface area contributed by atoms with Crippen LogP contribution in [0.4, 0.5) is 0 Å². The Bertz CT molecular complexity index is 1810. The summed E-state index contributed by atoms with van der Waals surface area (Å²) in [5.74, 6) is -1.35. The molecule has 0 fully saturated rings. The molecule has 0 aliphatic carbocycles. The second-order valence-corrected chi connectivity index (χ2v) is 30.2. The highest BCUT2D eigenvalue weighted by atomic mass is 31.2. The maximum absolute atomic E-state index is 13.1. The fourth-order valence-electron chi connectivity index (χ4n) is 11.5. The van der Waals surface area contributed by atoms with Crippen molar-refractivity contribution in [2.75, 3.05) is 39.6 Å². The lowest BCUT2D eigenvalue weighted by atomic mass is 9.99. The van der Waals surface area contributed by atoms with Gasteiger partial charge in [-0.2, -0.15) is 0 Å². The molecule has 0 saturated heterocycles. The van der Waals surface area contributed by atoms with Crippen molar-refractivity contribution in [3.63, 3.8) is 0 Å². The topological polar surface area (TPSA) is 237 Å². The molecule has 0 aromatic rings. The normalized spacial score (nSPS) is 14.3. The van der Waals surface area contributed by atoms with Gasteiger partial charge >= 0.3 is 39.5 Å². The van der Waals surface area contributed by atoms with E-state index in [9.17, 15) is 43.2 Å². The molecule has 0 amide bonds. The number of unbranched alkanes of at least 4 members (excludes halogenated alkanes) is 46. The number of hydrogen-bond donors (Lipinski definition) is 3. The number of ether oxygens (including phenoxy) is 4. The Morgan fingerprint density at radius 3 is 0.755 bits per heavy atom. The highest BCUT2D eigenvalue weighted by molar-refractivity contribution is 7.47. The summed E-state index contributed by atoms with van der Waals surface area (Å²) >= 11 is 0. The highest BCUT2D eigenvalue weighted by Crippen LogP contribution is 2.45. The molecule has 558 valence electrons. The molecule has 19 heteroatoms. The maximum atomic E-state index is 13.1. The van der Waals surface area contributed by atoms with E-state index < -0.39 is 97.5 Å². The Morgan fingerprint density at radius 2 is 0.511 bits per heavy atom. The quantitative estimate of drug-likeness (QED) is 0.0222. The summed E-state index contributed by atoms with van der Waals surface area (Å²) in [7, 11) is -9.90. The number of phosphoric ester groups is 2. The molecule has 6 atom stereocenters. The van der Waals surface area contributed by atoms with Gasteiger partial charge in [0.15, 0.2) is 12.2 Å². The molecule has 3 N–H and O–H groups in total. The van der Waals surface area contributed by atoms with E-state index in [1.807, 2.05) is 0 Å². The SMILES string of the molecule is CCCCCCCCCCCCCCCCCCCCC(=O)O[C@H](COC(=O)CCCCCCCCCCCCCCCCCCC)COP(=O)(O)OC[C@@H](O)COP(=O)(O)OC[C@@H](COC(=O)CCCCCCCCC)OC(=O)CCCCCCCCCCC(C)CC. The first-order chi connectivity index (χ1) is 45.6. The van der Waals surface area contributed by atoms with E-state index in [1.54, 1.807) is 0 Å². The number of hydrogen-bond acceptors (Lipinski definition) is 15. The van der Waals surface area contributed by atoms with E-state index >= 15 is 0 Å². The summed E-state index contributed by atoms with van der Waals surface area (Å²) in [5, 5.41) is 10.6. The van der Waals surface area contributed by atoms with Crippen molar-refractivity contribution in [3.05, 3.63) is 0 Å². The van der Waals surface area contributed by atoms with Crippen LogP contribution < -0.4 is 0 Å². The summed E-state index contributed by atoms with van der Waals surface area (Å²) in [6, 6.07) is 0. The van der Waals surface area contributed by atoms with Gasteiger partial charge < -0.3 is 33.8 Å². The van der Waals surface area contributed by atoms with Gasteiger partial charge in [0, 0.05) is 25.7 Å². The fourth-order valence-corrected chi connectivity index (χ4v) is 13.1. The van der Waals surface area contributed by atoms with Gasteiger partial charge in [-0.25, -0.2) is 9.13 Å². The van der Waals surface area contributed by atoms with Gasteiger partial charge in [-0.3, -0.25) is 37.3 Å². The maximum Gasteiger partial charge on any atom is 0.472 e. The number of aliphatic hydroxyl groups excluding tert-OH is 1. The molecule has 0 aromatic carbocycles. The van der Waals surface area contributed by atoms with Crippen LogP contribution in [0.3, 0.4) is 0 Å². The van der Waals surface area contributed by atoms with Crippen LogP contribution in [-0.2, 0) is 65.4 Å². The van der Waals surface area contributed by atoms with E-state index in [1.165, 1.54) is 205 Å². The minimum Gasteiger partial charge on any atom is -0.462 e. The molecule has 0 bridgehead atoms. The largest absolute Gasteiger partial charge is 0.472 e. The summed E-state index contributed by atoms with van der Waals surface area (Å²) in [4.78, 5) is 72.6. The van der Waals surface area contributed by atoms with Gasteiger partial charge in [0.2, 0.25) is 0 Å². The summed E-state index contributed by atoms with van der Waals surface area (Å²) in [6.45, 7) is 7.24. The van der Waals surface area contributed by atoms with Gasteiger partial charge in [-0.15, -0.1) is 0 Å². The Labute approximate surface area is 575 Å². The van der Waals surface area contributed by atoms with Gasteiger partial charge in [-0.05, 0) is 31.6 Å². The van der Waals surface area contributed by atoms with E-state index in [4.69, 9.17) is 37.0 Å². The third kappa shape index (κ3) is 67.3. The first-order valence-corrected chi connectivity index (χ1v) is 42.2. The zero-order valence-electron chi connectivity index (χ0n) is 61.1. The van der Waals surface area contributed by atoms with Crippen LogP contribution in [0.1, 0.15) is 394 Å². The Morgan fingerprint density at radius 1 is 0.298 bits per heavy atom. The number of aliphatic hydroxyl groups is 1. The lowest BCUT2D eigenvalue weighted by Gasteiger charge is -2.21. The summed E-state index contributed by atoms with van der Waals surface area (Å²) in [6.07, 6.45) is 57.0. The van der Waals surface area contributed by atoms with Crippen molar-refractivity contribution < 1.29 is 80.2 Å². The number of rotatable bonds is 75. The third-order valence-electron chi connectivity index (χ3n) is 17.9. The molecule has 0 heterocycles. The Hall–Kier alpha value is -1.94.